The van der Waals surface area contributed by atoms with E-state index in [0.29, 0.717) is 15.6 Å². The molecule has 0 saturated heterocycles. The fraction of sp³-hybridized carbons (Fsp3) is 0.118. The fourth-order valence-corrected chi connectivity index (χ4v) is 4.14. The third-order valence-electron chi connectivity index (χ3n) is 3.71. The van der Waals surface area contributed by atoms with Crippen molar-refractivity contribution in [3.8, 4) is 0 Å². The molecule has 0 atom stereocenters. The van der Waals surface area contributed by atoms with Crippen LogP contribution in [-0.4, -0.2) is 32.6 Å². The zero-order valence-corrected chi connectivity index (χ0v) is 16.3. The second-order valence-corrected chi connectivity index (χ2v) is 8.07. The molecule has 2 amide bonds. The van der Waals surface area contributed by atoms with Crippen LogP contribution in [0.4, 0.5) is 0 Å². The molecule has 10 heteroatoms. The van der Waals surface area contributed by atoms with Crippen LogP contribution in [0.5, 0.6) is 0 Å². The molecule has 2 aromatic rings. The Labute approximate surface area is 164 Å². The van der Waals surface area contributed by atoms with E-state index >= 15 is 0 Å². The Bertz CT molecular complexity index is 1040. The van der Waals surface area contributed by atoms with Gasteiger partial charge in [-0.1, -0.05) is 24.3 Å². The number of halogens is 1. The van der Waals surface area contributed by atoms with Crippen molar-refractivity contribution in [2.75, 3.05) is 6.54 Å². The van der Waals surface area contributed by atoms with Gasteiger partial charge >= 0.3 is 0 Å². The minimum atomic E-state index is -3.60. The summed E-state index contributed by atoms with van der Waals surface area (Å²) in [6, 6.07) is 13.3. The largest absolute Gasteiger partial charge is 0.273 e. The number of fused-ring (bicyclic) bond motifs is 1. The van der Waals surface area contributed by atoms with E-state index in [9.17, 15) is 18.0 Å². The lowest BCUT2D eigenvalue weighted by Gasteiger charge is -2.08. The van der Waals surface area contributed by atoms with Crippen LogP contribution in [0, 0.1) is 0 Å². The number of hydrogen-bond donors (Lipinski definition) is 3. The quantitative estimate of drug-likeness (QED) is 0.609. The zero-order chi connectivity index (χ0) is 19.4. The smallest absolute Gasteiger partial charge is 0.270 e. The Hall–Kier alpha value is -2.72. The standard InChI is InChI=1S/C17H15BrN4O4S/c18-13-7-3-1-5-11(13)17(24)21-20-15(23)9-10-19-16-12-6-2-4-8-14(12)27(25,26)22-16/h1-8H,9-10H2,(H,19,22)(H,20,23)(H,21,24). The number of carbonyl (C=O) groups excluding carboxylic acids is 2. The van der Waals surface area contributed by atoms with Gasteiger partial charge in [0.2, 0.25) is 5.91 Å². The van der Waals surface area contributed by atoms with Gasteiger partial charge in [-0.15, -0.1) is 0 Å². The Morgan fingerprint density at radius 1 is 1.04 bits per heavy atom. The van der Waals surface area contributed by atoms with E-state index in [2.05, 4.69) is 36.5 Å². The van der Waals surface area contributed by atoms with Crippen LogP contribution in [0.2, 0.25) is 0 Å². The molecule has 27 heavy (non-hydrogen) atoms. The predicted molar refractivity (Wildman–Crippen MR) is 103 cm³/mol. The van der Waals surface area contributed by atoms with Gasteiger partial charge in [0.1, 0.15) is 5.84 Å². The van der Waals surface area contributed by atoms with Crippen molar-refractivity contribution >= 4 is 43.6 Å². The number of sulfonamides is 1. The van der Waals surface area contributed by atoms with Crippen molar-refractivity contribution in [3.63, 3.8) is 0 Å². The van der Waals surface area contributed by atoms with Crippen LogP contribution in [-0.2, 0) is 14.8 Å². The van der Waals surface area contributed by atoms with Crippen LogP contribution < -0.4 is 15.6 Å². The highest BCUT2D eigenvalue weighted by Crippen LogP contribution is 2.22. The average molecular weight is 451 g/mol. The third-order valence-corrected chi connectivity index (χ3v) is 5.79. The van der Waals surface area contributed by atoms with Gasteiger partial charge in [-0.25, -0.2) is 8.42 Å². The molecule has 1 aliphatic heterocycles. The molecule has 0 fully saturated rings. The van der Waals surface area contributed by atoms with E-state index in [1.807, 2.05) is 0 Å². The molecule has 3 N–H and O–H groups in total. The highest BCUT2D eigenvalue weighted by molar-refractivity contribution is 9.10. The number of amidine groups is 1. The molecule has 0 unspecified atom stereocenters. The first-order valence-corrected chi connectivity index (χ1v) is 10.2. The molecular weight excluding hydrogens is 436 g/mol. The molecule has 1 aliphatic rings. The first-order chi connectivity index (χ1) is 12.9. The highest BCUT2D eigenvalue weighted by atomic mass is 79.9. The summed E-state index contributed by atoms with van der Waals surface area (Å²) in [5.74, 6) is -0.704. The number of amides is 2. The van der Waals surface area contributed by atoms with Crippen molar-refractivity contribution in [2.24, 2.45) is 4.99 Å². The van der Waals surface area contributed by atoms with Gasteiger partial charge in [0.05, 0.1) is 17.0 Å². The molecular formula is C17H15BrN4O4S. The number of hydrogen-bond acceptors (Lipinski definition) is 5. The summed E-state index contributed by atoms with van der Waals surface area (Å²) in [6.07, 6.45) is -0.0242. The molecule has 0 saturated carbocycles. The lowest BCUT2D eigenvalue weighted by molar-refractivity contribution is -0.121. The van der Waals surface area contributed by atoms with Gasteiger partial charge in [-0.2, -0.15) is 0 Å². The molecule has 2 aromatic carbocycles. The molecule has 8 nitrogen and oxygen atoms in total. The SMILES string of the molecule is O=C(CCN=C1NS(=O)(=O)c2ccccc21)NNC(=O)c1ccccc1Br. The third kappa shape index (κ3) is 4.34. The zero-order valence-electron chi connectivity index (χ0n) is 13.9. The monoisotopic (exact) mass is 450 g/mol. The summed E-state index contributed by atoms with van der Waals surface area (Å²) in [5, 5.41) is 0. The van der Waals surface area contributed by atoms with Gasteiger partial charge in [0, 0.05) is 16.5 Å². The van der Waals surface area contributed by atoms with Gasteiger partial charge in [-0.05, 0) is 40.2 Å². The highest BCUT2D eigenvalue weighted by Gasteiger charge is 2.29. The summed E-state index contributed by atoms with van der Waals surface area (Å²) in [6.45, 7) is 0.0585. The van der Waals surface area contributed by atoms with Crippen molar-refractivity contribution in [1.82, 2.24) is 15.6 Å². The van der Waals surface area contributed by atoms with Crippen molar-refractivity contribution in [2.45, 2.75) is 11.3 Å². The first-order valence-electron chi connectivity index (χ1n) is 7.89. The van der Waals surface area contributed by atoms with Crippen molar-refractivity contribution in [1.29, 1.82) is 0 Å². The lowest BCUT2D eigenvalue weighted by Crippen LogP contribution is -2.42. The fourth-order valence-electron chi connectivity index (χ4n) is 2.42. The second kappa shape index (κ2) is 7.89. The number of rotatable bonds is 4. The summed E-state index contributed by atoms with van der Waals surface area (Å²) in [5.41, 5.74) is 5.48. The van der Waals surface area contributed by atoms with Gasteiger partial charge in [0.25, 0.3) is 15.9 Å². The van der Waals surface area contributed by atoms with Crippen LogP contribution in [0.15, 0.2) is 62.9 Å². The number of hydrazine groups is 1. The molecule has 3 rings (SSSR count). The van der Waals surface area contributed by atoms with Gasteiger partial charge in [-0.3, -0.25) is 30.2 Å². The Morgan fingerprint density at radius 3 is 2.52 bits per heavy atom. The summed E-state index contributed by atoms with van der Waals surface area (Å²) < 4.78 is 26.9. The summed E-state index contributed by atoms with van der Waals surface area (Å²) in [4.78, 5) is 28.2. The van der Waals surface area contributed by atoms with Crippen LogP contribution in [0.1, 0.15) is 22.3 Å². The summed E-state index contributed by atoms with van der Waals surface area (Å²) >= 11 is 3.26. The number of carbonyl (C=O) groups is 2. The maximum atomic E-state index is 12.0. The number of nitrogens with one attached hydrogen (secondary N) is 3. The average Bonchev–Trinajstić information content (AvgIpc) is 2.91. The lowest BCUT2D eigenvalue weighted by atomic mass is 10.2. The molecule has 0 bridgehead atoms. The van der Waals surface area contributed by atoms with Gasteiger partial charge in [0.15, 0.2) is 0 Å². The van der Waals surface area contributed by atoms with E-state index in [1.165, 1.54) is 6.07 Å². The van der Waals surface area contributed by atoms with E-state index in [0.717, 1.165) is 0 Å². The Kier molecular flexibility index (Phi) is 5.57. The molecule has 0 radical (unpaired) electrons. The van der Waals surface area contributed by atoms with Crippen molar-refractivity contribution < 1.29 is 18.0 Å². The molecule has 0 aromatic heterocycles. The topological polar surface area (TPSA) is 117 Å². The number of aliphatic imine (C=N–C) groups is 1. The molecule has 140 valence electrons. The molecule has 0 aliphatic carbocycles. The summed E-state index contributed by atoms with van der Waals surface area (Å²) in [7, 11) is -3.60. The van der Waals surface area contributed by atoms with E-state index < -0.39 is 21.8 Å². The second-order valence-electron chi connectivity index (χ2n) is 5.56. The molecule has 1 heterocycles. The number of nitrogens with zero attached hydrogens (tertiary/aromatic N) is 1. The Balaban J connectivity index is 1.54. The predicted octanol–water partition coefficient (Wildman–Crippen LogP) is 1.34. The maximum absolute atomic E-state index is 12.0. The van der Waals surface area contributed by atoms with Crippen LogP contribution >= 0.6 is 15.9 Å². The minimum absolute atomic E-state index is 0.0242. The van der Waals surface area contributed by atoms with Gasteiger partial charge < -0.3 is 0 Å². The van der Waals surface area contributed by atoms with Crippen LogP contribution in [0.3, 0.4) is 0 Å². The first kappa shape index (κ1) is 19.1. The van der Waals surface area contributed by atoms with E-state index in [1.54, 1.807) is 42.5 Å². The Morgan fingerprint density at radius 2 is 1.74 bits per heavy atom. The molecule has 0 spiro atoms. The number of benzene rings is 2. The van der Waals surface area contributed by atoms with E-state index in [4.69, 9.17) is 0 Å². The van der Waals surface area contributed by atoms with E-state index in [-0.39, 0.29) is 23.7 Å². The normalized spacial score (nSPS) is 15.7. The van der Waals surface area contributed by atoms with Crippen LogP contribution in [0.25, 0.3) is 0 Å². The minimum Gasteiger partial charge on any atom is -0.273 e. The maximum Gasteiger partial charge on any atom is 0.270 e. The van der Waals surface area contributed by atoms with Crippen molar-refractivity contribution in [3.05, 3.63) is 64.1 Å².